The van der Waals surface area contributed by atoms with Crippen LogP contribution in [-0.4, -0.2) is 34.4 Å². The van der Waals surface area contributed by atoms with E-state index in [1.165, 1.54) is 0 Å². The summed E-state index contributed by atoms with van der Waals surface area (Å²) < 4.78 is 5.13. The zero-order chi connectivity index (χ0) is 15.9. The monoisotopic (exact) mass is 303 g/mol. The number of hydrogen-bond donors (Lipinski definition) is 1. The Balaban J connectivity index is 4.61. The number of carbonyl (C=O) groups excluding carboxylic acids is 3. The topological polar surface area (TPSA) is 72.5 Å². The molecule has 0 unspecified atom stereocenters. The third-order valence-corrected chi connectivity index (χ3v) is 3.06. The first kappa shape index (κ1) is 19.0. The molecule has 1 N–H and O–H groups in total. The summed E-state index contributed by atoms with van der Waals surface area (Å²) >= 11 is 1.11. The van der Waals surface area contributed by atoms with Gasteiger partial charge in [-0.05, 0) is 32.4 Å². The molecule has 20 heavy (non-hydrogen) atoms. The summed E-state index contributed by atoms with van der Waals surface area (Å²) in [5, 5.41) is 2.38. The Morgan fingerprint density at radius 3 is 2.15 bits per heavy atom. The van der Waals surface area contributed by atoms with Gasteiger partial charge in [0.1, 0.15) is 5.60 Å². The summed E-state index contributed by atoms with van der Waals surface area (Å²) in [4.78, 5) is 35.3. The van der Waals surface area contributed by atoms with Crippen molar-refractivity contribution in [1.82, 2.24) is 5.32 Å². The molecule has 0 saturated carbocycles. The Kier molecular flexibility index (Phi) is 7.86. The van der Waals surface area contributed by atoms with E-state index in [1.807, 2.05) is 20.8 Å². The predicted octanol–water partition coefficient (Wildman–Crippen LogP) is 2.77. The van der Waals surface area contributed by atoms with Gasteiger partial charge in [0.2, 0.25) is 0 Å². The molecule has 5 nitrogen and oxygen atoms in total. The van der Waals surface area contributed by atoms with E-state index in [0.717, 1.165) is 11.8 Å². The van der Waals surface area contributed by atoms with Gasteiger partial charge in [0.05, 0.1) is 12.5 Å². The molecule has 0 heterocycles. The fourth-order valence-electron chi connectivity index (χ4n) is 1.52. The van der Waals surface area contributed by atoms with Crippen LogP contribution >= 0.6 is 11.8 Å². The number of amides is 1. The quantitative estimate of drug-likeness (QED) is 0.764. The summed E-state index contributed by atoms with van der Waals surface area (Å²) in [7, 11) is 0. The van der Waals surface area contributed by atoms with Crippen molar-refractivity contribution < 1.29 is 19.1 Å². The number of rotatable bonds is 6. The van der Waals surface area contributed by atoms with Crippen LogP contribution < -0.4 is 5.32 Å². The maximum absolute atomic E-state index is 12.1. The van der Waals surface area contributed by atoms with E-state index in [1.54, 1.807) is 20.8 Å². The minimum absolute atomic E-state index is 0.102. The lowest BCUT2D eigenvalue weighted by Crippen LogP contribution is -2.46. The molecular formula is C14H25NO4S. The lowest BCUT2D eigenvalue weighted by atomic mass is 9.98. The summed E-state index contributed by atoms with van der Waals surface area (Å²) in [6.45, 7) is 10.7. The van der Waals surface area contributed by atoms with Crippen molar-refractivity contribution in [3.8, 4) is 0 Å². The van der Waals surface area contributed by atoms with Gasteiger partial charge in [0.25, 0.3) is 0 Å². The number of ketones is 1. The highest BCUT2D eigenvalue weighted by Crippen LogP contribution is 2.12. The lowest BCUT2D eigenvalue weighted by Gasteiger charge is -2.24. The van der Waals surface area contributed by atoms with Crippen LogP contribution in [0.2, 0.25) is 0 Å². The number of ether oxygens (including phenoxy) is 1. The first-order valence-electron chi connectivity index (χ1n) is 6.74. The van der Waals surface area contributed by atoms with Gasteiger partial charge in [-0.1, -0.05) is 32.5 Å². The number of nitrogens with one attached hydrogen (secondary N) is 1. The van der Waals surface area contributed by atoms with Gasteiger partial charge in [-0.2, -0.15) is 0 Å². The largest absolute Gasteiger partial charge is 0.444 e. The number of Topliss-reactive ketones (excluding diaryl/α,β-unsaturated/α-hetero) is 1. The van der Waals surface area contributed by atoms with Gasteiger partial charge in [-0.3, -0.25) is 9.59 Å². The predicted molar refractivity (Wildman–Crippen MR) is 80.8 cm³/mol. The fourth-order valence-corrected chi connectivity index (χ4v) is 2.08. The average molecular weight is 303 g/mol. The highest BCUT2D eigenvalue weighted by atomic mass is 32.2. The van der Waals surface area contributed by atoms with Crippen molar-refractivity contribution in [2.24, 2.45) is 5.92 Å². The zero-order valence-electron chi connectivity index (χ0n) is 13.1. The Morgan fingerprint density at radius 2 is 1.75 bits per heavy atom. The Hall–Kier alpha value is -1.04. The van der Waals surface area contributed by atoms with Crippen LogP contribution in [0.25, 0.3) is 0 Å². The van der Waals surface area contributed by atoms with E-state index in [-0.39, 0.29) is 23.2 Å². The van der Waals surface area contributed by atoms with Gasteiger partial charge in [-0.25, -0.2) is 4.79 Å². The standard InChI is InChI=1S/C14H25NO4S/c1-7-20-11(17)8-10(16)12(9(2)3)15-13(18)19-14(4,5)6/h9,12H,7-8H2,1-6H3,(H,15,18)/t12-/m0/s1. The molecule has 0 radical (unpaired) electrons. The third kappa shape index (κ3) is 8.19. The third-order valence-electron chi connectivity index (χ3n) is 2.31. The Morgan fingerprint density at radius 1 is 1.20 bits per heavy atom. The highest BCUT2D eigenvalue weighted by Gasteiger charge is 2.27. The number of carbonyl (C=O) groups is 3. The molecule has 1 atom stereocenters. The van der Waals surface area contributed by atoms with Crippen LogP contribution in [0.1, 0.15) is 48.0 Å². The van der Waals surface area contributed by atoms with E-state index in [4.69, 9.17) is 4.74 Å². The SMILES string of the molecule is CCSC(=O)CC(=O)[C@@H](NC(=O)OC(C)(C)C)C(C)C. The number of hydrogen-bond acceptors (Lipinski definition) is 5. The van der Waals surface area contributed by atoms with Gasteiger partial charge < -0.3 is 10.1 Å². The lowest BCUT2D eigenvalue weighted by molar-refractivity contribution is -0.125. The van der Waals surface area contributed by atoms with E-state index >= 15 is 0 Å². The van der Waals surface area contributed by atoms with E-state index in [9.17, 15) is 14.4 Å². The molecule has 0 aromatic carbocycles. The first-order valence-corrected chi connectivity index (χ1v) is 7.73. The van der Waals surface area contributed by atoms with Crippen LogP contribution in [0.3, 0.4) is 0 Å². The van der Waals surface area contributed by atoms with Crippen molar-refractivity contribution in [1.29, 1.82) is 0 Å². The average Bonchev–Trinajstić information content (AvgIpc) is 2.22. The van der Waals surface area contributed by atoms with E-state index < -0.39 is 17.7 Å². The maximum Gasteiger partial charge on any atom is 0.408 e. The Labute approximate surface area is 125 Å². The molecule has 0 aliphatic rings. The second kappa shape index (κ2) is 8.29. The molecule has 0 aromatic heterocycles. The molecular weight excluding hydrogens is 278 g/mol. The second-order valence-electron chi connectivity index (χ2n) is 5.82. The van der Waals surface area contributed by atoms with Crippen LogP contribution in [0.4, 0.5) is 4.79 Å². The molecule has 0 rings (SSSR count). The van der Waals surface area contributed by atoms with Crippen molar-refractivity contribution in [3.63, 3.8) is 0 Å². The molecule has 116 valence electrons. The fraction of sp³-hybridized carbons (Fsp3) is 0.786. The summed E-state index contributed by atoms with van der Waals surface area (Å²) in [6, 6.07) is -0.703. The molecule has 0 fully saturated rings. The van der Waals surface area contributed by atoms with Crippen molar-refractivity contribution in [2.45, 2.75) is 59.6 Å². The van der Waals surface area contributed by atoms with Gasteiger partial charge in [0.15, 0.2) is 10.9 Å². The second-order valence-corrected chi connectivity index (χ2v) is 7.14. The van der Waals surface area contributed by atoms with Crippen LogP contribution in [0, 0.1) is 5.92 Å². The van der Waals surface area contributed by atoms with E-state index in [2.05, 4.69) is 5.32 Å². The van der Waals surface area contributed by atoms with Crippen LogP contribution in [0.5, 0.6) is 0 Å². The van der Waals surface area contributed by atoms with Crippen LogP contribution in [0.15, 0.2) is 0 Å². The first-order chi connectivity index (χ1) is 9.06. The molecule has 0 aromatic rings. The Bertz CT molecular complexity index is 361. The summed E-state index contributed by atoms with van der Waals surface area (Å²) in [6.07, 6.45) is -0.808. The number of alkyl carbamates (subject to hydrolysis) is 1. The molecule has 0 aliphatic heterocycles. The van der Waals surface area contributed by atoms with Gasteiger partial charge in [0, 0.05) is 0 Å². The maximum atomic E-state index is 12.1. The van der Waals surface area contributed by atoms with Crippen molar-refractivity contribution in [2.75, 3.05) is 5.75 Å². The summed E-state index contributed by atoms with van der Waals surface area (Å²) in [5.41, 5.74) is -0.622. The summed E-state index contributed by atoms with van der Waals surface area (Å²) in [5.74, 6) is 0.254. The van der Waals surface area contributed by atoms with Gasteiger partial charge >= 0.3 is 6.09 Å². The van der Waals surface area contributed by atoms with Gasteiger partial charge in [-0.15, -0.1) is 0 Å². The number of thioether (sulfide) groups is 1. The highest BCUT2D eigenvalue weighted by molar-refractivity contribution is 8.13. The van der Waals surface area contributed by atoms with Crippen LogP contribution in [-0.2, 0) is 14.3 Å². The van der Waals surface area contributed by atoms with Crippen molar-refractivity contribution >= 4 is 28.8 Å². The zero-order valence-corrected chi connectivity index (χ0v) is 13.9. The normalized spacial score (nSPS) is 12.9. The molecule has 0 bridgehead atoms. The molecule has 6 heteroatoms. The minimum Gasteiger partial charge on any atom is -0.444 e. The molecule has 1 amide bonds. The molecule has 0 spiro atoms. The smallest absolute Gasteiger partial charge is 0.408 e. The molecule has 0 saturated heterocycles. The minimum atomic E-state index is -0.703. The van der Waals surface area contributed by atoms with E-state index in [0.29, 0.717) is 5.75 Å². The molecule has 0 aliphatic carbocycles. The van der Waals surface area contributed by atoms with Crippen molar-refractivity contribution in [3.05, 3.63) is 0 Å².